The molecule has 31 heavy (non-hydrogen) atoms. The van der Waals surface area contributed by atoms with Crippen molar-refractivity contribution in [2.75, 3.05) is 17.2 Å². The van der Waals surface area contributed by atoms with E-state index in [1.807, 2.05) is 31.3 Å². The van der Waals surface area contributed by atoms with E-state index in [-0.39, 0.29) is 30.5 Å². The first-order valence-electron chi connectivity index (χ1n) is 10.1. The average Bonchev–Trinajstić information content (AvgIpc) is 3.21. The van der Waals surface area contributed by atoms with E-state index in [0.717, 1.165) is 16.3 Å². The SMILES string of the molecule is Cn1ccnc1C(NC(=O)CCC(=O)N1CCSc2ccccc21)c1cccc(F)c1. The van der Waals surface area contributed by atoms with Gasteiger partial charge in [0.2, 0.25) is 11.8 Å². The second-order valence-corrected chi connectivity index (χ2v) is 8.45. The first kappa shape index (κ1) is 21.1. The van der Waals surface area contributed by atoms with Crippen molar-refractivity contribution in [2.24, 2.45) is 7.05 Å². The number of thioether (sulfide) groups is 1. The van der Waals surface area contributed by atoms with Gasteiger partial charge in [-0.3, -0.25) is 9.59 Å². The van der Waals surface area contributed by atoms with Crippen LogP contribution in [0.25, 0.3) is 0 Å². The number of hydrogen-bond acceptors (Lipinski definition) is 4. The quantitative estimate of drug-likeness (QED) is 0.638. The molecule has 1 aromatic heterocycles. The Kier molecular flexibility index (Phi) is 6.36. The molecule has 1 aliphatic rings. The predicted molar refractivity (Wildman–Crippen MR) is 118 cm³/mol. The molecule has 8 heteroatoms. The number of nitrogens with one attached hydrogen (secondary N) is 1. The van der Waals surface area contributed by atoms with Crippen molar-refractivity contribution in [3.63, 3.8) is 0 Å². The van der Waals surface area contributed by atoms with Gasteiger partial charge in [-0.2, -0.15) is 0 Å². The predicted octanol–water partition coefficient (Wildman–Crippen LogP) is 3.68. The van der Waals surface area contributed by atoms with E-state index in [1.54, 1.807) is 45.8 Å². The summed E-state index contributed by atoms with van der Waals surface area (Å²) < 4.78 is 15.6. The summed E-state index contributed by atoms with van der Waals surface area (Å²) in [6.45, 7) is 0.626. The Balaban J connectivity index is 1.44. The van der Waals surface area contributed by atoms with Crippen LogP contribution in [0.1, 0.15) is 30.3 Å². The highest BCUT2D eigenvalue weighted by Crippen LogP contribution is 2.34. The van der Waals surface area contributed by atoms with Gasteiger partial charge in [-0.25, -0.2) is 9.37 Å². The van der Waals surface area contributed by atoms with Gasteiger partial charge in [0.25, 0.3) is 0 Å². The monoisotopic (exact) mass is 438 g/mol. The molecule has 1 N–H and O–H groups in total. The van der Waals surface area contributed by atoms with Gasteiger partial charge in [-0.05, 0) is 29.8 Å². The van der Waals surface area contributed by atoms with E-state index in [0.29, 0.717) is 17.9 Å². The third-order valence-corrected chi connectivity index (χ3v) is 6.24. The largest absolute Gasteiger partial charge is 0.342 e. The second kappa shape index (κ2) is 9.34. The van der Waals surface area contributed by atoms with Crippen LogP contribution in [0, 0.1) is 5.82 Å². The van der Waals surface area contributed by atoms with Crippen molar-refractivity contribution in [2.45, 2.75) is 23.8 Å². The van der Waals surface area contributed by atoms with Gasteiger partial charge >= 0.3 is 0 Å². The van der Waals surface area contributed by atoms with Crippen LogP contribution in [0.3, 0.4) is 0 Å². The molecular weight excluding hydrogens is 415 g/mol. The highest BCUT2D eigenvalue weighted by atomic mass is 32.2. The summed E-state index contributed by atoms with van der Waals surface area (Å²) >= 11 is 1.73. The van der Waals surface area contributed by atoms with E-state index < -0.39 is 6.04 Å². The molecule has 2 amide bonds. The maximum Gasteiger partial charge on any atom is 0.227 e. The van der Waals surface area contributed by atoms with Crippen molar-refractivity contribution in [3.05, 3.63) is 78.1 Å². The number of carbonyl (C=O) groups is 2. The highest BCUT2D eigenvalue weighted by molar-refractivity contribution is 7.99. The number of imidazole rings is 1. The molecule has 0 saturated heterocycles. The van der Waals surface area contributed by atoms with Crippen LogP contribution in [0.4, 0.5) is 10.1 Å². The number of halogens is 1. The van der Waals surface area contributed by atoms with Crippen molar-refractivity contribution in [1.29, 1.82) is 0 Å². The van der Waals surface area contributed by atoms with Gasteiger partial charge in [-0.1, -0.05) is 24.3 Å². The van der Waals surface area contributed by atoms with Gasteiger partial charge in [0.1, 0.15) is 17.7 Å². The number of aryl methyl sites for hydroxylation is 1. The molecule has 160 valence electrons. The zero-order chi connectivity index (χ0) is 21.8. The Hall–Kier alpha value is -3.13. The minimum absolute atomic E-state index is 0.0425. The first-order valence-corrected chi connectivity index (χ1v) is 11.1. The fourth-order valence-corrected chi connectivity index (χ4v) is 4.65. The molecule has 6 nitrogen and oxygen atoms in total. The smallest absolute Gasteiger partial charge is 0.227 e. The van der Waals surface area contributed by atoms with Crippen LogP contribution in [0.15, 0.2) is 65.8 Å². The Morgan fingerprint density at radius 2 is 2.03 bits per heavy atom. The maximum absolute atomic E-state index is 13.8. The molecule has 1 unspecified atom stereocenters. The van der Waals surface area contributed by atoms with Crippen molar-refractivity contribution < 1.29 is 14.0 Å². The van der Waals surface area contributed by atoms with Crippen LogP contribution >= 0.6 is 11.8 Å². The van der Waals surface area contributed by atoms with Gasteiger partial charge < -0.3 is 14.8 Å². The number of anilines is 1. The summed E-state index contributed by atoms with van der Waals surface area (Å²) in [5, 5.41) is 2.92. The molecule has 4 rings (SSSR count). The standard InChI is InChI=1S/C23H23FN4O2S/c1-27-12-11-25-23(27)22(16-5-4-6-17(24)15-16)26-20(29)9-10-21(30)28-13-14-31-19-8-3-2-7-18(19)28/h2-8,11-12,15,22H,9-10,13-14H2,1H3,(H,26,29). The Labute approximate surface area is 184 Å². The number of para-hydroxylation sites is 1. The van der Waals surface area contributed by atoms with Crippen LogP contribution in [0.5, 0.6) is 0 Å². The number of fused-ring (bicyclic) bond motifs is 1. The average molecular weight is 439 g/mol. The minimum Gasteiger partial charge on any atom is -0.342 e. The van der Waals surface area contributed by atoms with E-state index in [9.17, 15) is 14.0 Å². The Morgan fingerprint density at radius 1 is 1.19 bits per heavy atom. The fraction of sp³-hybridized carbons (Fsp3) is 0.261. The number of benzene rings is 2. The molecule has 1 aliphatic heterocycles. The van der Waals surface area contributed by atoms with Crippen LogP contribution in [0.2, 0.25) is 0 Å². The summed E-state index contributed by atoms with van der Waals surface area (Å²) in [6.07, 6.45) is 3.54. The zero-order valence-electron chi connectivity index (χ0n) is 17.1. The number of carbonyl (C=O) groups excluding carboxylic acids is 2. The van der Waals surface area contributed by atoms with E-state index in [4.69, 9.17) is 0 Å². The molecule has 2 aromatic carbocycles. The van der Waals surface area contributed by atoms with Crippen molar-refractivity contribution in [1.82, 2.24) is 14.9 Å². The maximum atomic E-state index is 13.8. The molecule has 3 aromatic rings. The lowest BCUT2D eigenvalue weighted by molar-refractivity contribution is -0.125. The number of amides is 2. The van der Waals surface area contributed by atoms with Gasteiger partial charge in [-0.15, -0.1) is 11.8 Å². The van der Waals surface area contributed by atoms with Crippen LogP contribution < -0.4 is 10.2 Å². The Bertz CT molecular complexity index is 1100. The van der Waals surface area contributed by atoms with Gasteiger partial charge in [0, 0.05) is 49.5 Å². The van der Waals surface area contributed by atoms with Crippen LogP contribution in [-0.4, -0.2) is 33.7 Å². The molecule has 0 aliphatic carbocycles. The van der Waals surface area contributed by atoms with E-state index >= 15 is 0 Å². The van der Waals surface area contributed by atoms with E-state index in [2.05, 4.69) is 10.3 Å². The summed E-state index contributed by atoms with van der Waals surface area (Å²) in [4.78, 5) is 32.7. The second-order valence-electron chi connectivity index (χ2n) is 7.31. The lowest BCUT2D eigenvalue weighted by Gasteiger charge is -2.29. The van der Waals surface area contributed by atoms with Crippen molar-refractivity contribution in [3.8, 4) is 0 Å². The Morgan fingerprint density at radius 3 is 2.81 bits per heavy atom. The molecule has 0 fully saturated rings. The summed E-state index contributed by atoms with van der Waals surface area (Å²) in [5.74, 6) is 0.665. The topological polar surface area (TPSA) is 67.2 Å². The normalized spacial score (nSPS) is 14.1. The number of rotatable bonds is 6. The van der Waals surface area contributed by atoms with Crippen molar-refractivity contribution >= 4 is 29.3 Å². The summed E-state index contributed by atoms with van der Waals surface area (Å²) in [7, 11) is 1.82. The molecule has 0 bridgehead atoms. The third kappa shape index (κ3) is 4.80. The molecule has 2 heterocycles. The molecule has 1 atom stereocenters. The van der Waals surface area contributed by atoms with Gasteiger partial charge in [0.15, 0.2) is 0 Å². The minimum atomic E-state index is -0.606. The fourth-order valence-electron chi connectivity index (χ4n) is 3.66. The number of nitrogens with zero attached hydrogens (tertiary/aromatic N) is 3. The highest BCUT2D eigenvalue weighted by Gasteiger charge is 2.25. The summed E-state index contributed by atoms with van der Waals surface area (Å²) in [5.41, 5.74) is 1.49. The molecule has 0 radical (unpaired) electrons. The van der Waals surface area contributed by atoms with E-state index in [1.165, 1.54) is 12.1 Å². The number of aromatic nitrogens is 2. The lowest BCUT2D eigenvalue weighted by Crippen LogP contribution is -2.37. The third-order valence-electron chi connectivity index (χ3n) is 5.20. The lowest BCUT2D eigenvalue weighted by atomic mass is 10.1. The first-order chi connectivity index (χ1) is 15.0. The number of hydrogen-bond donors (Lipinski definition) is 1. The molecule has 0 spiro atoms. The summed E-state index contributed by atoms with van der Waals surface area (Å²) in [6, 6.07) is 13.3. The molecule has 0 saturated carbocycles. The van der Waals surface area contributed by atoms with Gasteiger partial charge in [0.05, 0.1) is 5.69 Å². The van der Waals surface area contributed by atoms with Crippen LogP contribution in [-0.2, 0) is 16.6 Å². The zero-order valence-corrected chi connectivity index (χ0v) is 17.9. The molecular formula is C23H23FN4O2S.